The largest absolute Gasteiger partial charge is 0.493 e. The van der Waals surface area contributed by atoms with Gasteiger partial charge in [0.2, 0.25) is 0 Å². The normalized spacial score (nSPS) is 10.8. The summed E-state index contributed by atoms with van der Waals surface area (Å²) in [5.74, 6) is 2.16. The molecule has 7 heteroatoms. The summed E-state index contributed by atoms with van der Waals surface area (Å²) in [7, 11) is 1.65. The van der Waals surface area contributed by atoms with E-state index in [2.05, 4.69) is 27.5 Å². The van der Waals surface area contributed by atoms with Gasteiger partial charge in [0, 0.05) is 24.5 Å². The van der Waals surface area contributed by atoms with E-state index in [-0.39, 0.29) is 5.91 Å². The van der Waals surface area contributed by atoms with Gasteiger partial charge in [-0.3, -0.25) is 9.78 Å². The third-order valence-corrected chi connectivity index (χ3v) is 5.72. The Morgan fingerprint density at radius 3 is 2.71 bits per heavy atom. The number of amides is 1. The van der Waals surface area contributed by atoms with Crippen molar-refractivity contribution in [1.29, 1.82) is 0 Å². The molecule has 2 aromatic heterocycles. The number of nitrogens with zero attached hydrogens (tertiary/aromatic N) is 3. The zero-order valence-corrected chi connectivity index (χ0v) is 19.9. The minimum absolute atomic E-state index is 0.146. The molecule has 0 radical (unpaired) electrons. The van der Waals surface area contributed by atoms with Crippen LogP contribution >= 0.6 is 0 Å². The molecule has 0 saturated carbocycles. The fourth-order valence-electron chi connectivity index (χ4n) is 3.95. The van der Waals surface area contributed by atoms with E-state index in [9.17, 15) is 4.79 Å². The number of allylic oxidation sites excluding steroid dienone is 1. The fraction of sp³-hybridized carbons (Fsp3) is 0.250. The molecule has 0 spiro atoms. The lowest BCUT2D eigenvalue weighted by Gasteiger charge is -2.13. The number of hydrogen-bond donors (Lipinski definition) is 1. The maximum Gasteiger partial charge on any atom is 0.251 e. The van der Waals surface area contributed by atoms with E-state index >= 15 is 0 Å². The molecule has 7 nitrogen and oxygen atoms in total. The Kier molecular flexibility index (Phi) is 8.12. The number of imidazole rings is 1. The van der Waals surface area contributed by atoms with Crippen LogP contribution in [-0.4, -0.2) is 34.2 Å². The Morgan fingerprint density at radius 1 is 1.09 bits per heavy atom. The number of benzene rings is 2. The number of aryl methyl sites for hydroxylation is 1. The molecule has 0 unspecified atom stereocenters. The molecule has 1 N–H and O–H groups in total. The number of carbonyl (C=O) groups is 1. The molecule has 0 aliphatic rings. The Bertz CT molecular complexity index is 1280. The second kappa shape index (κ2) is 11.8. The first-order chi connectivity index (χ1) is 17.2. The number of hydrogen-bond acceptors (Lipinski definition) is 5. The van der Waals surface area contributed by atoms with Gasteiger partial charge in [0.05, 0.1) is 31.3 Å². The molecule has 0 bridgehead atoms. The molecule has 0 aliphatic carbocycles. The molecule has 2 aromatic carbocycles. The van der Waals surface area contributed by atoms with Crippen molar-refractivity contribution in [2.75, 3.05) is 13.7 Å². The summed E-state index contributed by atoms with van der Waals surface area (Å²) >= 11 is 0. The topological polar surface area (TPSA) is 78.3 Å². The number of carbonyl (C=O) groups excluding carboxylic acids is 1. The van der Waals surface area contributed by atoms with Gasteiger partial charge in [-0.25, -0.2) is 4.98 Å². The van der Waals surface area contributed by atoms with Crippen molar-refractivity contribution in [3.05, 3.63) is 96.6 Å². The van der Waals surface area contributed by atoms with Gasteiger partial charge in [0.25, 0.3) is 5.91 Å². The number of fused-ring (bicyclic) bond motifs is 1. The van der Waals surface area contributed by atoms with E-state index in [0.717, 1.165) is 59.7 Å². The van der Waals surface area contributed by atoms with Crippen LogP contribution in [0.5, 0.6) is 11.5 Å². The van der Waals surface area contributed by atoms with Crippen molar-refractivity contribution in [1.82, 2.24) is 19.9 Å². The average molecular weight is 471 g/mol. The summed E-state index contributed by atoms with van der Waals surface area (Å²) in [6.45, 7) is 5.49. The van der Waals surface area contributed by atoms with Gasteiger partial charge in [0.1, 0.15) is 5.82 Å². The molecular weight excluding hydrogens is 440 g/mol. The van der Waals surface area contributed by atoms with Crippen LogP contribution in [0.15, 0.2) is 79.6 Å². The first-order valence-corrected chi connectivity index (χ1v) is 11.7. The average Bonchev–Trinajstić information content (AvgIpc) is 3.25. The number of methoxy groups -OCH3 is 1. The monoisotopic (exact) mass is 470 g/mol. The molecule has 0 fully saturated rings. The smallest absolute Gasteiger partial charge is 0.251 e. The number of nitrogens with one attached hydrogen (secondary N) is 1. The number of pyridine rings is 1. The minimum atomic E-state index is -0.146. The molecule has 4 aromatic rings. The Labute approximate surface area is 205 Å². The van der Waals surface area contributed by atoms with Gasteiger partial charge in [-0.1, -0.05) is 24.3 Å². The van der Waals surface area contributed by atoms with Gasteiger partial charge >= 0.3 is 0 Å². The SMILES string of the molecule is C=CCc1ccc(OCCCCn2c(CNC(=O)c3ccncc3)nc3ccccc32)c(OC)c1. The van der Waals surface area contributed by atoms with E-state index in [1.165, 1.54) is 0 Å². The first kappa shape index (κ1) is 24.0. The lowest BCUT2D eigenvalue weighted by molar-refractivity contribution is 0.0949. The molecule has 1 amide bonds. The van der Waals surface area contributed by atoms with Gasteiger partial charge in [-0.05, 0) is 61.2 Å². The third kappa shape index (κ3) is 6.06. The summed E-state index contributed by atoms with van der Waals surface area (Å²) in [6.07, 6.45) is 7.65. The Hall–Kier alpha value is -4.13. The molecule has 0 atom stereocenters. The lowest BCUT2D eigenvalue weighted by Crippen LogP contribution is -2.24. The van der Waals surface area contributed by atoms with Gasteiger partial charge in [0.15, 0.2) is 11.5 Å². The van der Waals surface area contributed by atoms with E-state index < -0.39 is 0 Å². The highest BCUT2D eigenvalue weighted by atomic mass is 16.5. The Morgan fingerprint density at radius 2 is 1.91 bits per heavy atom. The van der Waals surface area contributed by atoms with Crippen molar-refractivity contribution >= 4 is 16.9 Å². The van der Waals surface area contributed by atoms with E-state index in [0.29, 0.717) is 18.7 Å². The van der Waals surface area contributed by atoms with E-state index in [4.69, 9.17) is 14.5 Å². The van der Waals surface area contributed by atoms with Crippen LogP contribution in [0.25, 0.3) is 11.0 Å². The molecule has 2 heterocycles. The van der Waals surface area contributed by atoms with Gasteiger partial charge in [-0.2, -0.15) is 0 Å². The third-order valence-electron chi connectivity index (χ3n) is 5.72. The summed E-state index contributed by atoms with van der Waals surface area (Å²) < 4.78 is 13.6. The highest BCUT2D eigenvalue weighted by molar-refractivity contribution is 5.93. The van der Waals surface area contributed by atoms with Gasteiger partial charge < -0.3 is 19.4 Å². The maximum absolute atomic E-state index is 12.5. The predicted molar refractivity (Wildman–Crippen MR) is 137 cm³/mol. The number of ether oxygens (including phenoxy) is 2. The molecule has 180 valence electrons. The van der Waals surface area contributed by atoms with E-state index in [1.807, 2.05) is 42.5 Å². The second-order valence-electron chi connectivity index (χ2n) is 8.12. The summed E-state index contributed by atoms with van der Waals surface area (Å²) in [6, 6.07) is 17.4. The van der Waals surface area contributed by atoms with Gasteiger partial charge in [-0.15, -0.1) is 6.58 Å². The summed E-state index contributed by atoms with van der Waals surface area (Å²) in [4.78, 5) is 21.2. The van der Waals surface area contributed by atoms with Crippen LogP contribution in [0, 0.1) is 0 Å². The second-order valence-corrected chi connectivity index (χ2v) is 8.12. The molecule has 0 saturated heterocycles. The van der Waals surface area contributed by atoms with Crippen LogP contribution in [0.1, 0.15) is 34.6 Å². The molecule has 0 aliphatic heterocycles. The standard InChI is InChI=1S/C28H30N4O3/c1-3-8-21-11-12-25(26(19-21)34-2)35-18-7-6-17-32-24-10-5-4-9-23(24)31-27(32)20-30-28(33)22-13-15-29-16-14-22/h3-5,9-16,19H,1,6-8,17-18,20H2,2H3,(H,30,33). The number of rotatable bonds is 12. The predicted octanol–water partition coefficient (Wildman–Crippen LogP) is 4.96. The molecule has 4 rings (SSSR count). The molecular formula is C28H30N4O3. The van der Waals surface area contributed by atoms with Crippen molar-refractivity contribution in [3.8, 4) is 11.5 Å². The van der Waals surface area contributed by atoms with Crippen LogP contribution < -0.4 is 14.8 Å². The summed E-state index contributed by atoms with van der Waals surface area (Å²) in [5.41, 5.74) is 3.69. The zero-order chi connectivity index (χ0) is 24.5. The minimum Gasteiger partial charge on any atom is -0.493 e. The van der Waals surface area contributed by atoms with E-state index in [1.54, 1.807) is 31.6 Å². The van der Waals surface area contributed by atoms with Crippen LogP contribution in [0.2, 0.25) is 0 Å². The highest BCUT2D eigenvalue weighted by Gasteiger charge is 2.12. The van der Waals surface area contributed by atoms with Crippen molar-refractivity contribution in [3.63, 3.8) is 0 Å². The number of aromatic nitrogens is 3. The lowest BCUT2D eigenvalue weighted by atomic mass is 10.1. The van der Waals surface area contributed by atoms with Crippen molar-refractivity contribution < 1.29 is 14.3 Å². The van der Waals surface area contributed by atoms with Crippen LogP contribution in [-0.2, 0) is 19.5 Å². The first-order valence-electron chi connectivity index (χ1n) is 11.7. The van der Waals surface area contributed by atoms with Crippen LogP contribution in [0.4, 0.5) is 0 Å². The number of para-hydroxylation sites is 2. The zero-order valence-electron chi connectivity index (χ0n) is 19.9. The maximum atomic E-state index is 12.5. The Balaban J connectivity index is 1.36. The summed E-state index contributed by atoms with van der Waals surface area (Å²) in [5, 5.41) is 2.97. The quantitative estimate of drug-likeness (QED) is 0.234. The fourth-order valence-corrected chi connectivity index (χ4v) is 3.95. The molecule has 35 heavy (non-hydrogen) atoms. The highest BCUT2D eigenvalue weighted by Crippen LogP contribution is 2.28. The van der Waals surface area contributed by atoms with Crippen molar-refractivity contribution in [2.24, 2.45) is 0 Å². The van der Waals surface area contributed by atoms with Crippen molar-refractivity contribution in [2.45, 2.75) is 32.4 Å². The number of unbranched alkanes of at least 4 members (excludes halogenated alkanes) is 1. The van der Waals surface area contributed by atoms with Crippen LogP contribution in [0.3, 0.4) is 0 Å².